The van der Waals surface area contributed by atoms with Crippen molar-refractivity contribution in [2.24, 2.45) is 0 Å². The highest BCUT2D eigenvalue weighted by molar-refractivity contribution is 4.48. The highest BCUT2D eigenvalue weighted by Crippen LogP contribution is 1.74. The van der Waals surface area contributed by atoms with Crippen LogP contribution >= 0.6 is 0 Å². The fourth-order valence-corrected chi connectivity index (χ4v) is 0.719. The van der Waals surface area contributed by atoms with Crippen molar-refractivity contribution in [1.29, 1.82) is 0 Å². The minimum atomic E-state index is 0.291. The Labute approximate surface area is 62.8 Å². The molecule has 3 heteroatoms. The van der Waals surface area contributed by atoms with Crippen molar-refractivity contribution in [3.63, 3.8) is 0 Å². The number of hydrogen-bond donors (Lipinski definition) is 3. The lowest BCUT2D eigenvalue weighted by Gasteiger charge is -2.01. The summed E-state index contributed by atoms with van der Waals surface area (Å²) in [5.74, 6) is 0. The molecule has 0 aromatic rings. The van der Waals surface area contributed by atoms with E-state index in [0.29, 0.717) is 6.61 Å². The molecule has 0 aliphatic rings. The second-order valence-corrected chi connectivity index (χ2v) is 2.28. The predicted octanol–water partition coefficient (Wildman–Crippen LogP) is -0.432. The molecule has 3 N–H and O–H groups in total. The maximum atomic E-state index is 8.42. The first-order valence-corrected chi connectivity index (χ1v) is 3.88. The Morgan fingerprint density at radius 1 is 1.10 bits per heavy atom. The van der Waals surface area contributed by atoms with Gasteiger partial charge in [0.05, 0.1) is 0 Å². The fourth-order valence-electron chi connectivity index (χ4n) is 0.719. The van der Waals surface area contributed by atoms with Crippen molar-refractivity contribution >= 4 is 0 Å². The number of aliphatic hydroxyl groups excluding tert-OH is 1. The second kappa shape index (κ2) is 8.88. The molecular formula is C7H18N2O. The van der Waals surface area contributed by atoms with Gasteiger partial charge in [-0.2, -0.15) is 0 Å². The van der Waals surface area contributed by atoms with E-state index in [-0.39, 0.29) is 0 Å². The van der Waals surface area contributed by atoms with Crippen molar-refractivity contribution < 1.29 is 5.11 Å². The van der Waals surface area contributed by atoms with Gasteiger partial charge in [-0.15, -0.1) is 0 Å². The van der Waals surface area contributed by atoms with Gasteiger partial charge in [0, 0.05) is 6.61 Å². The Morgan fingerprint density at radius 3 is 2.40 bits per heavy atom. The molecule has 0 heterocycles. The molecule has 0 spiro atoms. The van der Waals surface area contributed by atoms with E-state index >= 15 is 0 Å². The molecule has 0 aliphatic heterocycles. The third-order valence-corrected chi connectivity index (χ3v) is 1.29. The molecule has 0 fully saturated rings. The predicted molar refractivity (Wildman–Crippen MR) is 43.1 cm³/mol. The SMILES string of the molecule is CNCCCNCCCO. The molecular weight excluding hydrogens is 128 g/mol. The standard InChI is InChI=1S/C7H18N2O/c1-8-4-2-5-9-6-3-7-10/h8-10H,2-7H2,1H3. The van der Waals surface area contributed by atoms with E-state index in [1.807, 2.05) is 7.05 Å². The number of nitrogens with one attached hydrogen (secondary N) is 2. The maximum Gasteiger partial charge on any atom is 0.0443 e. The quantitative estimate of drug-likeness (QED) is 0.427. The lowest BCUT2D eigenvalue weighted by molar-refractivity contribution is 0.286. The minimum absolute atomic E-state index is 0.291. The van der Waals surface area contributed by atoms with Crippen LogP contribution < -0.4 is 10.6 Å². The van der Waals surface area contributed by atoms with E-state index in [1.165, 1.54) is 0 Å². The Morgan fingerprint density at radius 2 is 1.80 bits per heavy atom. The molecule has 3 nitrogen and oxygen atoms in total. The van der Waals surface area contributed by atoms with E-state index in [4.69, 9.17) is 5.11 Å². The molecule has 0 saturated heterocycles. The Bertz CT molecular complexity index is 51.6. The summed E-state index contributed by atoms with van der Waals surface area (Å²) in [6.45, 7) is 3.33. The molecule has 0 atom stereocenters. The van der Waals surface area contributed by atoms with E-state index in [1.54, 1.807) is 0 Å². The zero-order valence-corrected chi connectivity index (χ0v) is 6.69. The van der Waals surface area contributed by atoms with Crippen LogP contribution in [0.25, 0.3) is 0 Å². The summed E-state index contributed by atoms with van der Waals surface area (Å²) in [7, 11) is 1.95. The first kappa shape index (κ1) is 9.88. The van der Waals surface area contributed by atoms with E-state index in [9.17, 15) is 0 Å². The highest BCUT2D eigenvalue weighted by Gasteiger charge is 1.85. The summed E-state index contributed by atoms with van der Waals surface area (Å²) in [6, 6.07) is 0. The van der Waals surface area contributed by atoms with Crippen LogP contribution in [0.4, 0.5) is 0 Å². The molecule has 0 bridgehead atoms. The molecule has 0 unspecified atom stereocenters. The van der Waals surface area contributed by atoms with Crippen LogP contribution in [0, 0.1) is 0 Å². The molecule has 0 aromatic carbocycles. The summed E-state index contributed by atoms with van der Waals surface area (Å²) < 4.78 is 0. The van der Waals surface area contributed by atoms with E-state index in [2.05, 4.69) is 10.6 Å². The lowest BCUT2D eigenvalue weighted by Crippen LogP contribution is -2.21. The van der Waals surface area contributed by atoms with Gasteiger partial charge in [-0.3, -0.25) is 0 Å². The number of hydrogen-bond acceptors (Lipinski definition) is 3. The molecule has 0 aliphatic carbocycles. The minimum Gasteiger partial charge on any atom is -0.396 e. The van der Waals surface area contributed by atoms with Gasteiger partial charge in [-0.05, 0) is 39.5 Å². The largest absolute Gasteiger partial charge is 0.396 e. The van der Waals surface area contributed by atoms with Crippen molar-refractivity contribution in [2.45, 2.75) is 12.8 Å². The van der Waals surface area contributed by atoms with Crippen LogP contribution in [0.5, 0.6) is 0 Å². The first-order valence-electron chi connectivity index (χ1n) is 3.88. The van der Waals surface area contributed by atoms with Crippen molar-refractivity contribution in [3.05, 3.63) is 0 Å². The van der Waals surface area contributed by atoms with E-state index < -0.39 is 0 Å². The third kappa shape index (κ3) is 7.88. The summed E-state index contributed by atoms with van der Waals surface area (Å²) in [4.78, 5) is 0. The van der Waals surface area contributed by atoms with Gasteiger partial charge in [0.25, 0.3) is 0 Å². The molecule has 10 heavy (non-hydrogen) atoms. The Hall–Kier alpha value is -0.120. The fraction of sp³-hybridized carbons (Fsp3) is 1.00. The molecule has 0 amide bonds. The van der Waals surface area contributed by atoms with Crippen molar-refractivity contribution in [1.82, 2.24) is 10.6 Å². The third-order valence-electron chi connectivity index (χ3n) is 1.29. The van der Waals surface area contributed by atoms with Gasteiger partial charge in [0.2, 0.25) is 0 Å². The summed E-state index contributed by atoms with van der Waals surface area (Å²) in [6.07, 6.45) is 2.02. The zero-order chi connectivity index (χ0) is 7.66. The van der Waals surface area contributed by atoms with Gasteiger partial charge in [0.1, 0.15) is 0 Å². The van der Waals surface area contributed by atoms with Crippen molar-refractivity contribution in [2.75, 3.05) is 33.3 Å². The van der Waals surface area contributed by atoms with Crippen LogP contribution in [-0.4, -0.2) is 38.4 Å². The van der Waals surface area contributed by atoms with Crippen LogP contribution in [0.15, 0.2) is 0 Å². The van der Waals surface area contributed by atoms with Gasteiger partial charge in [-0.1, -0.05) is 0 Å². The Balaban J connectivity index is 2.65. The van der Waals surface area contributed by atoms with Gasteiger partial charge >= 0.3 is 0 Å². The monoisotopic (exact) mass is 146 g/mol. The smallest absolute Gasteiger partial charge is 0.0443 e. The van der Waals surface area contributed by atoms with Crippen LogP contribution in [0.2, 0.25) is 0 Å². The lowest BCUT2D eigenvalue weighted by atomic mass is 10.4. The maximum absolute atomic E-state index is 8.42. The average molecular weight is 146 g/mol. The topological polar surface area (TPSA) is 44.3 Å². The van der Waals surface area contributed by atoms with Gasteiger partial charge in [0.15, 0.2) is 0 Å². The van der Waals surface area contributed by atoms with Crippen LogP contribution in [0.1, 0.15) is 12.8 Å². The highest BCUT2D eigenvalue weighted by atomic mass is 16.3. The second-order valence-electron chi connectivity index (χ2n) is 2.28. The Kier molecular flexibility index (Phi) is 8.77. The van der Waals surface area contributed by atoms with Crippen molar-refractivity contribution in [3.8, 4) is 0 Å². The number of rotatable bonds is 7. The van der Waals surface area contributed by atoms with Gasteiger partial charge < -0.3 is 15.7 Å². The summed E-state index contributed by atoms with van der Waals surface area (Å²) >= 11 is 0. The van der Waals surface area contributed by atoms with Crippen LogP contribution in [0.3, 0.4) is 0 Å². The first-order chi connectivity index (χ1) is 4.91. The van der Waals surface area contributed by atoms with Gasteiger partial charge in [-0.25, -0.2) is 0 Å². The van der Waals surface area contributed by atoms with E-state index in [0.717, 1.165) is 32.5 Å². The van der Waals surface area contributed by atoms with Crippen LogP contribution in [-0.2, 0) is 0 Å². The summed E-state index contributed by atoms with van der Waals surface area (Å²) in [5, 5.41) is 14.7. The average Bonchev–Trinajstić information content (AvgIpc) is 1.97. The molecule has 0 rings (SSSR count). The molecule has 0 aromatic heterocycles. The zero-order valence-electron chi connectivity index (χ0n) is 6.69. The summed E-state index contributed by atoms with van der Waals surface area (Å²) in [5.41, 5.74) is 0. The normalized spacial score (nSPS) is 10.2. The molecule has 0 radical (unpaired) electrons. The molecule has 0 saturated carbocycles. The molecule has 62 valence electrons. The number of aliphatic hydroxyl groups is 1.